The van der Waals surface area contributed by atoms with Crippen LogP contribution in [0.15, 0.2) is 23.6 Å². The SMILES string of the molecule is CNc1cc(C)ccc1C(=O)NCc1csc(C)n1. The van der Waals surface area contributed by atoms with E-state index in [1.165, 1.54) is 0 Å². The summed E-state index contributed by atoms with van der Waals surface area (Å²) in [6, 6.07) is 5.73. The quantitative estimate of drug-likeness (QED) is 0.902. The van der Waals surface area contributed by atoms with E-state index in [-0.39, 0.29) is 5.91 Å². The van der Waals surface area contributed by atoms with Crippen molar-refractivity contribution in [2.75, 3.05) is 12.4 Å². The zero-order valence-corrected chi connectivity index (χ0v) is 12.1. The van der Waals surface area contributed by atoms with Crippen LogP contribution in [-0.4, -0.2) is 17.9 Å². The van der Waals surface area contributed by atoms with E-state index in [0.29, 0.717) is 12.1 Å². The molecule has 2 aromatic rings. The van der Waals surface area contributed by atoms with Crippen molar-refractivity contribution < 1.29 is 4.79 Å². The number of amides is 1. The molecule has 0 aliphatic carbocycles. The Labute approximate surface area is 116 Å². The number of aromatic nitrogens is 1. The molecule has 0 unspecified atom stereocenters. The molecule has 0 fully saturated rings. The Balaban J connectivity index is 2.07. The molecule has 1 aromatic heterocycles. The van der Waals surface area contributed by atoms with Crippen molar-refractivity contribution in [3.05, 3.63) is 45.4 Å². The van der Waals surface area contributed by atoms with Gasteiger partial charge in [-0.3, -0.25) is 4.79 Å². The molecule has 1 heterocycles. The Morgan fingerprint density at radius 1 is 1.37 bits per heavy atom. The van der Waals surface area contributed by atoms with Gasteiger partial charge in [-0.2, -0.15) is 0 Å². The normalized spacial score (nSPS) is 10.3. The first kappa shape index (κ1) is 13.5. The third kappa shape index (κ3) is 3.32. The van der Waals surface area contributed by atoms with Gasteiger partial charge in [0.15, 0.2) is 0 Å². The fourth-order valence-corrected chi connectivity index (χ4v) is 2.43. The summed E-state index contributed by atoms with van der Waals surface area (Å²) in [5, 5.41) is 8.90. The summed E-state index contributed by atoms with van der Waals surface area (Å²) in [5.74, 6) is -0.0880. The molecule has 0 atom stereocenters. The van der Waals surface area contributed by atoms with Crippen LogP contribution in [0.4, 0.5) is 5.69 Å². The molecule has 100 valence electrons. The van der Waals surface area contributed by atoms with E-state index in [0.717, 1.165) is 22.0 Å². The summed E-state index contributed by atoms with van der Waals surface area (Å²) in [5.41, 5.74) is 3.51. The van der Waals surface area contributed by atoms with Gasteiger partial charge in [0, 0.05) is 18.1 Å². The van der Waals surface area contributed by atoms with Gasteiger partial charge in [-0.15, -0.1) is 11.3 Å². The van der Waals surface area contributed by atoms with Gasteiger partial charge in [-0.1, -0.05) is 6.07 Å². The molecule has 0 spiro atoms. The number of carbonyl (C=O) groups is 1. The average molecular weight is 275 g/mol. The van der Waals surface area contributed by atoms with E-state index in [9.17, 15) is 4.79 Å². The fourth-order valence-electron chi connectivity index (χ4n) is 1.82. The molecule has 0 bridgehead atoms. The van der Waals surface area contributed by atoms with Gasteiger partial charge in [-0.25, -0.2) is 4.98 Å². The van der Waals surface area contributed by atoms with E-state index >= 15 is 0 Å². The van der Waals surface area contributed by atoms with Crippen LogP contribution >= 0.6 is 11.3 Å². The lowest BCUT2D eigenvalue weighted by molar-refractivity contribution is 0.0951. The van der Waals surface area contributed by atoms with Crippen LogP contribution < -0.4 is 10.6 Å². The maximum absolute atomic E-state index is 12.1. The second kappa shape index (κ2) is 5.84. The molecular weight excluding hydrogens is 258 g/mol. The molecule has 19 heavy (non-hydrogen) atoms. The lowest BCUT2D eigenvalue weighted by atomic mass is 10.1. The number of carbonyl (C=O) groups excluding carboxylic acids is 1. The van der Waals surface area contributed by atoms with Crippen molar-refractivity contribution in [2.45, 2.75) is 20.4 Å². The number of rotatable bonds is 4. The second-order valence-electron chi connectivity index (χ2n) is 4.34. The van der Waals surface area contributed by atoms with Gasteiger partial charge >= 0.3 is 0 Å². The Morgan fingerprint density at radius 3 is 2.79 bits per heavy atom. The Bertz CT molecular complexity index is 592. The molecule has 2 N–H and O–H groups in total. The van der Waals surface area contributed by atoms with Gasteiger partial charge in [0.1, 0.15) is 0 Å². The Hall–Kier alpha value is -1.88. The predicted molar refractivity (Wildman–Crippen MR) is 78.7 cm³/mol. The molecule has 0 aliphatic heterocycles. The zero-order chi connectivity index (χ0) is 13.8. The van der Waals surface area contributed by atoms with Gasteiger partial charge in [0.25, 0.3) is 5.91 Å². The highest BCUT2D eigenvalue weighted by atomic mass is 32.1. The van der Waals surface area contributed by atoms with E-state index in [2.05, 4.69) is 15.6 Å². The first-order valence-corrected chi connectivity index (χ1v) is 6.95. The van der Waals surface area contributed by atoms with Crippen molar-refractivity contribution in [1.29, 1.82) is 0 Å². The van der Waals surface area contributed by atoms with Crippen LogP contribution in [-0.2, 0) is 6.54 Å². The molecule has 0 saturated heterocycles. The summed E-state index contributed by atoms with van der Waals surface area (Å²) in [4.78, 5) is 16.5. The minimum absolute atomic E-state index is 0.0880. The van der Waals surface area contributed by atoms with Gasteiger partial charge < -0.3 is 10.6 Å². The summed E-state index contributed by atoms with van der Waals surface area (Å²) >= 11 is 1.59. The van der Waals surface area contributed by atoms with Gasteiger partial charge in [0.05, 0.1) is 22.8 Å². The fraction of sp³-hybridized carbons (Fsp3) is 0.286. The molecule has 0 radical (unpaired) electrons. The first-order chi connectivity index (χ1) is 9.10. The van der Waals surface area contributed by atoms with E-state index in [1.54, 1.807) is 11.3 Å². The van der Waals surface area contributed by atoms with Crippen LogP contribution in [0, 0.1) is 13.8 Å². The Morgan fingerprint density at radius 2 is 2.16 bits per heavy atom. The van der Waals surface area contributed by atoms with E-state index in [4.69, 9.17) is 0 Å². The van der Waals surface area contributed by atoms with Crippen LogP contribution in [0.25, 0.3) is 0 Å². The summed E-state index contributed by atoms with van der Waals surface area (Å²) in [7, 11) is 1.81. The van der Waals surface area contributed by atoms with E-state index in [1.807, 2.05) is 44.5 Å². The van der Waals surface area contributed by atoms with Crippen LogP contribution in [0.1, 0.15) is 26.6 Å². The predicted octanol–water partition coefficient (Wildman–Crippen LogP) is 2.73. The highest BCUT2D eigenvalue weighted by Gasteiger charge is 2.11. The topological polar surface area (TPSA) is 54.0 Å². The zero-order valence-electron chi connectivity index (χ0n) is 11.3. The highest BCUT2D eigenvalue weighted by molar-refractivity contribution is 7.09. The van der Waals surface area contributed by atoms with Crippen LogP contribution in [0.2, 0.25) is 0 Å². The number of nitrogens with one attached hydrogen (secondary N) is 2. The first-order valence-electron chi connectivity index (χ1n) is 6.07. The van der Waals surface area contributed by atoms with Gasteiger partial charge in [-0.05, 0) is 31.5 Å². The van der Waals surface area contributed by atoms with Crippen molar-refractivity contribution in [3.8, 4) is 0 Å². The number of hydrogen-bond donors (Lipinski definition) is 2. The lowest BCUT2D eigenvalue weighted by Gasteiger charge is -2.10. The molecule has 1 aromatic carbocycles. The second-order valence-corrected chi connectivity index (χ2v) is 5.40. The van der Waals surface area contributed by atoms with Crippen molar-refractivity contribution >= 4 is 22.9 Å². The molecule has 0 saturated carbocycles. The average Bonchev–Trinajstić information content (AvgIpc) is 2.81. The van der Waals surface area contributed by atoms with Crippen molar-refractivity contribution in [1.82, 2.24) is 10.3 Å². The van der Waals surface area contributed by atoms with Crippen LogP contribution in [0.5, 0.6) is 0 Å². The number of hydrogen-bond acceptors (Lipinski definition) is 4. The number of anilines is 1. The molecule has 4 nitrogen and oxygen atoms in total. The number of benzene rings is 1. The minimum atomic E-state index is -0.0880. The summed E-state index contributed by atoms with van der Waals surface area (Å²) < 4.78 is 0. The lowest BCUT2D eigenvalue weighted by Crippen LogP contribution is -2.24. The summed E-state index contributed by atoms with van der Waals surface area (Å²) in [6.45, 7) is 4.41. The number of nitrogens with zero attached hydrogens (tertiary/aromatic N) is 1. The molecule has 0 aliphatic rings. The standard InChI is InChI=1S/C14H17N3OS/c1-9-4-5-12(13(6-9)15-3)14(18)16-7-11-8-19-10(2)17-11/h4-6,8,15H,7H2,1-3H3,(H,16,18). The van der Waals surface area contributed by atoms with E-state index < -0.39 is 0 Å². The van der Waals surface area contributed by atoms with Crippen molar-refractivity contribution in [3.63, 3.8) is 0 Å². The minimum Gasteiger partial charge on any atom is -0.387 e. The largest absolute Gasteiger partial charge is 0.387 e. The smallest absolute Gasteiger partial charge is 0.253 e. The molecule has 1 amide bonds. The molecular formula is C14H17N3OS. The maximum Gasteiger partial charge on any atom is 0.253 e. The Kier molecular flexibility index (Phi) is 4.16. The third-order valence-corrected chi connectivity index (χ3v) is 3.61. The summed E-state index contributed by atoms with van der Waals surface area (Å²) in [6.07, 6.45) is 0. The third-order valence-electron chi connectivity index (χ3n) is 2.79. The molecule has 5 heteroatoms. The van der Waals surface area contributed by atoms with Crippen LogP contribution in [0.3, 0.4) is 0 Å². The van der Waals surface area contributed by atoms with Gasteiger partial charge in [0.2, 0.25) is 0 Å². The highest BCUT2D eigenvalue weighted by Crippen LogP contribution is 2.17. The number of thiazole rings is 1. The monoisotopic (exact) mass is 275 g/mol. The maximum atomic E-state index is 12.1. The molecule has 2 rings (SSSR count). The number of aryl methyl sites for hydroxylation is 2. The van der Waals surface area contributed by atoms with Crippen molar-refractivity contribution in [2.24, 2.45) is 0 Å².